The van der Waals surface area contributed by atoms with E-state index < -0.39 is 0 Å². The fraction of sp³-hybridized carbons (Fsp3) is 0.409. The number of methoxy groups -OCH3 is 1. The van der Waals surface area contributed by atoms with Gasteiger partial charge in [-0.05, 0) is 55.4 Å². The van der Waals surface area contributed by atoms with Gasteiger partial charge in [0.1, 0.15) is 21.4 Å². The van der Waals surface area contributed by atoms with Gasteiger partial charge < -0.3 is 10.1 Å². The fourth-order valence-electron chi connectivity index (χ4n) is 3.64. The van der Waals surface area contributed by atoms with Crippen LogP contribution in [-0.4, -0.2) is 28.7 Å². The molecule has 1 aromatic carbocycles. The Morgan fingerprint density at radius 1 is 1.31 bits per heavy atom. The molecule has 0 saturated carbocycles. The maximum atomic E-state index is 12.4. The number of thioether (sulfide) groups is 1. The Kier molecular flexibility index (Phi) is 6.06. The lowest BCUT2D eigenvalue weighted by molar-refractivity contribution is -0.118. The minimum absolute atomic E-state index is 0.00736. The molecule has 0 bridgehead atoms. The van der Waals surface area contributed by atoms with Crippen molar-refractivity contribution in [2.24, 2.45) is 5.92 Å². The van der Waals surface area contributed by atoms with Gasteiger partial charge in [0.15, 0.2) is 0 Å². The second-order valence-corrected chi connectivity index (χ2v) is 9.57. The predicted octanol–water partition coefficient (Wildman–Crippen LogP) is 4.54. The lowest BCUT2D eigenvalue weighted by atomic mass is 9.89. The van der Waals surface area contributed by atoms with Crippen LogP contribution in [0.4, 0.5) is 0 Å². The summed E-state index contributed by atoms with van der Waals surface area (Å²) in [4.78, 5) is 24.3. The zero-order valence-electron chi connectivity index (χ0n) is 16.9. The summed E-state index contributed by atoms with van der Waals surface area (Å²) in [5, 5.41) is 5.11. The van der Waals surface area contributed by atoms with E-state index in [4.69, 9.17) is 4.74 Å². The van der Waals surface area contributed by atoms with Crippen molar-refractivity contribution in [3.63, 3.8) is 0 Å². The van der Waals surface area contributed by atoms with E-state index in [1.165, 1.54) is 34.0 Å². The van der Waals surface area contributed by atoms with Crippen molar-refractivity contribution in [2.45, 2.75) is 44.7 Å². The second-order valence-electron chi connectivity index (χ2n) is 7.52. The minimum Gasteiger partial charge on any atom is -0.497 e. The number of fused-ring (bicyclic) bond motifs is 3. The third-order valence-corrected chi connectivity index (χ3v) is 7.35. The number of amides is 1. The molecule has 0 saturated heterocycles. The van der Waals surface area contributed by atoms with Gasteiger partial charge in [-0.15, -0.1) is 11.3 Å². The number of nitrogens with one attached hydrogen (secondary N) is 1. The van der Waals surface area contributed by atoms with Crippen molar-refractivity contribution in [2.75, 3.05) is 12.9 Å². The van der Waals surface area contributed by atoms with E-state index in [1.807, 2.05) is 31.2 Å². The van der Waals surface area contributed by atoms with Crippen LogP contribution >= 0.6 is 23.1 Å². The Hall–Kier alpha value is -2.12. The smallest absolute Gasteiger partial charge is 0.230 e. The molecule has 5 nitrogen and oxygen atoms in total. The first-order chi connectivity index (χ1) is 14.0. The van der Waals surface area contributed by atoms with Crippen LogP contribution in [-0.2, 0) is 24.2 Å². The zero-order chi connectivity index (χ0) is 20.4. The maximum absolute atomic E-state index is 12.4. The molecule has 2 heterocycles. The highest BCUT2D eigenvalue weighted by Gasteiger charge is 2.24. The number of benzene rings is 1. The first kappa shape index (κ1) is 20.2. The number of rotatable bonds is 6. The normalized spacial score (nSPS) is 15.9. The van der Waals surface area contributed by atoms with Crippen molar-refractivity contribution in [3.05, 3.63) is 46.1 Å². The molecule has 1 aliphatic carbocycles. The van der Waals surface area contributed by atoms with E-state index in [2.05, 4.69) is 22.2 Å². The van der Waals surface area contributed by atoms with Gasteiger partial charge in [0, 0.05) is 16.8 Å². The van der Waals surface area contributed by atoms with Gasteiger partial charge in [-0.25, -0.2) is 9.97 Å². The van der Waals surface area contributed by atoms with Gasteiger partial charge in [0.25, 0.3) is 0 Å². The number of hydrogen-bond donors (Lipinski definition) is 1. The molecule has 0 aliphatic heterocycles. The summed E-state index contributed by atoms with van der Waals surface area (Å²) in [6.07, 6.45) is 3.42. The summed E-state index contributed by atoms with van der Waals surface area (Å²) in [6, 6.07) is 7.72. The van der Waals surface area contributed by atoms with Crippen LogP contribution in [0, 0.1) is 12.8 Å². The van der Waals surface area contributed by atoms with E-state index in [0.717, 1.165) is 45.8 Å². The second kappa shape index (κ2) is 8.71. The highest BCUT2D eigenvalue weighted by Crippen LogP contribution is 2.40. The molecular weight excluding hydrogens is 402 g/mol. The molecule has 1 N–H and O–H groups in total. The number of carbonyl (C=O) groups excluding carboxylic acids is 1. The standard InChI is InChI=1S/C22H25N3O2S2/c1-13-4-9-17-18(10-13)29-22-20(17)21(24-14(2)25-22)28-12-19(26)23-11-15-5-7-16(27-3)8-6-15/h5-8,13H,4,9-12H2,1-3H3,(H,23,26). The number of aryl methyl sites for hydroxylation is 2. The number of thiophene rings is 1. The van der Waals surface area contributed by atoms with E-state index in [0.29, 0.717) is 12.3 Å². The Labute approximate surface area is 179 Å². The molecule has 152 valence electrons. The first-order valence-electron chi connectivity index (χ1n) is 9.84. The molecule has 7 heteroatoms. The van der Waals surface area contributed by atoms with Gasteiger partial charge in [-0.2, -0.15) is 0 Å². The zero-order valence-corrected chi connectivity index (χ0v) is 18.6. The van der Waals surface area contributed by atoms with Crippen molar-refractivity contribution >= 4 is 39.2 Å². The van der Waals surface area contributed by atoms with Gasteiger partial charge in [-0.1, -0.05) is 30.8 Å². The van der Waals surface area contributed by atoms with Gasteiger partial charge in [0.05, 0.1) is 12.9 Å². The fourth-order valence-corrected chi connectivity index (χ4v) is 6.07. The summed E-state index contributed by atoms with van der Waals surface area (Å²) in [5.74, 6) is 2.66. The third kappa shape index (κ3) is 4.56. The number of aromatic nitrogens is 2. The summed E-state index contributed by atoms with van der Waals surface area (Å²) >= 11 is 3.32. The Morgan fingerprint density at radius 3 is 2.86 bits per heavy atom. The predicted molar refractivity (Wildman–Crippen MR) is 119 cm³/mol. The van der Waals surface area contributed by atoms with Crippen molar-refractivity contribution in [1.29, 1.82) is 0 Å². The molecule has 1 aliphatic rings. The molecule has 0 fully saturated rings. The lowest BCUT2D eigenvalue weighted by Gasteiger charge is -2.18. The van der Waals surface area contributed by atoms with Gasteiger partial charge >= 0.3 is 0 Å². The highest BCUT2D eigenvalue weighted by molar-refractivity contribution is 8.00. The highest BCUT2D eigenvalue weighted by atomic mass is 32.2. The molecule has 0 radical (unpaired) electrons. The van der Waals surface area contributed by atoms with Crippen LogP contribution in [0.1, 0.15) is 35.2 Å². The van der Waals surface area contributed by atoms with Crippen LogP contribution in [0.3, 0.4) is 0 Å². The van der Waals surface area contributed by atoms with Crippen LogP contribution in [0.15, 0.2) is 29.3 Å². The van der Waals surface area contributed by atoms with Crippen LogP contribution in [0.25, 0.3) is 10.2 Å². The average molecular weight is 428 g/mol. The quantitative estimate of drug-likeness (QED) is 0.462. The molecule has 1 amide bonds. The molecule has 29 heavy (non-hydrogen) atoms. The maximum Gasteiger partial charge on any atom is 0.230 e. The SMILES string of the molecule is COc1ccc(CNC(=O)CSc2nc(C)nc3sc4c(c23)CCC(C)C4)cc1. The van der Waals surface area contributed by atoms with Gasteiger partial charge in [-0.3, -0.25) is 4.79 Å². The Balaban J connectivity index is 1.44. The summed E-state index contributed by atoms with van der Waals surface area (Å²) in [6.45, 7) is 4.75. The van der Waals surface area contributed by atoms with Gasteiger partial charge in [0.2, 0.25) is 5.91 Å². The van der Waals surface area contributed by atoms with Crippen LogP contribution < -0.4 is 10.1 Å². The molecule has 0 spiro atoms. The van der Waals surface area contributed by atoms with E-state index in [1.54, 1.807) is 18.4 Å². The third-order valence-electron chi connectivity index (χ3n) is 5.22. The topological polar surface area (TPSA) is 64.1 Å². The average Bonchev–Trinajstić information content (AvgIpc) is 3.07. The Bertz CT molecular complexity index is 1030. The number of ether oxygens (including phenoxy) is 1. The van der Waals surface area contributed by atoms with Crippen molar-refractivity contribution in [3.8, 4) is 5.75 Å². The largest absolute Gasteiger partial charge is 0.497 e. The van der Waals surface area contributed by atoms with Crippen LogP contribution in [0.2, 0.25) is 0 Å². The molecule has 3 aromatic rings. The molecule has 1 atom stereocenters. The minimum atomic E-state index is 0.00736. The molecule has 4 rings (SSSR count). The van der Waals surface area contributed by atoms with Crippen LogP contribution in [0.5, 0.6) is 5.75 Å². The summed E-state index contributed by atoms with van der Waals surface area (Å²) in [5.41, 5.74) is 2.45. The Morgan fingerprint density at radius 2 is 2.10 bits per heavy atom. The number of carbonyl (C=O) groups is 1. The summed E-state index contributed by atoms with van der Waals surface area (Å²) in [7, 11) is 1.64. The summed E-state index contributed by atoms with van der Waals surface area (Å²) < 4.78 is 5.16. The first-order valence-corrected chi connectivity index (χ1v) is 11.6. The van der Waals surface area contributed by atoms with Crippen molar-refractivity contribution in [1.82, 2.24) is 15.3 Å². The van der Waals surface area contributed by atoms with Crippen molar-refractivity contribution < 1.29 is 9.53 Å². The number of hydrogen-bond acceptors (Lipinski definition) is 6. The van der Waals surface area contributed by atoms with E-state index in [9.17, 15) is 4.79 Å². The van der Waals surface area contributed by atoms with E-state index >= 15 is 0 Å². The number of nitrogens with zero attached hydrogens (tertiary/aromatic N) is 2. The monoisotopic (exact) mass is 427 g/mol. The molecule has 1 unspecified atom stereocenters. The molecule has 2 aromatic heterocycles. The lowest BCUT2D eigenvalue weighted by Crippen LogP contribution is -2.24. The molecular formula is C22H25N3O2S2. The van der Waals surface area contributed by atoms with E-state index in [-0.39, 0.29) is 5.91 Å².